The van der Waals surface area contributed by atoms with Gasteiger partial charge in [0, 0.05) is 25.9 Å². The number of nitrogens with zero attached hydrogens (tertiary/aromatic N) is 6. The van der Waals surface area contributed by atoms with Crippen LogP contribution in [0, 0.1) is 6.92 Å². The molecular formula is C24H25F2N7O4. The maximum atomic E-state index is 13.0. The van der Waals surface area contributed by atoms with Crippen molar-refractivity contribution >= 4 is 5.97 Å². The zero-order chi connectivity index (χ0) is 26.7. The lowest BCUT2D eigenvalue weighted by atomic mass is 9.98. The summed E-state index contributed by atoms with van der Waals surface area (Å²) < 4.78 is 39.5. The number of esters is 1. The molecule has 11 nitrogen and oxygen atoms in total. The molecule has 2 aromatic carbocycles. The first-order chi connectivity index (χ1) is 17.6. The number of halogens is 2. The molecule has 0 aliphatic rings. The summed E-state index contributed by atoms with van der Waals surface area (Å²) in [4.78, 5) is 25.1. The Kier molecular flexibility index (Phi) is 7.43. The summed E-state index contributed by atoms with van der Waals surface area (Å²) in [6, 6.07) is 10.7. The van der Waals surface area contributed by atoms with E-state index in [-0.39, 0.29) is 23.4 Å². The van der Waals surface area contributed by atoms with Gasteiger partial charge >= 0.3 is 18.3 Å². The number of aryl methyl sites for hydroxylation is 3. The Bertz CT molecular complexity index is 1480. The Morgan fingerprint density at radius 2 is 1.92 bits per heavy atom. The lowest BCUT2D eigenvalue weighted by Gasteiger charge is -2.17. The van der Waals surface area contributed by atoms with Crippen molar-refractivity contribution in [1.29, 1.82) is 0 Å². The molecule has 0 radical (unpaired) electrons. The largest absolute Gasteiger partial charge is 0.459 e. The van der Waals surface area contributed by atoms with Crippen molar-refractivity contribution in [3.05, 3.63) is 75.8 Å². The second kappa shape index (κ2) is 10.7. The summed E-state index contributed by atoms with van der Waals surface area (Å²) in [6.45, 7) is -1.71. The number of rotatable bonds is 9. The van der Waals surface area contributed by atoms with Crippen LogP contribution in [0.3, 0.4) is 0 Å². The van der Waals surface area contributed by atoms with Gasteiger partial charge < -0.3 is 15.2 Å². The highest BCUT2D eigenvalue weighted by Gasteiger charge is 2.22. The smallest absolute Gasteiger partial charge is 0.387 e. The average Bonchev–Trinajstić information content (AvgIpc) is 3.43. The molecular weight excluding hydrogens is 488 g/mol. The van der Waals surface area contributed by atoms with Gasteiger partial charge in [-0.05, 0) is 59.2 Å². The number of hydrogen-bond donors (Lipinski definition) is 1. The Morgan fingerprint density at radius 1 is 1.14 bits per heavy atom. The molecule has 0 saturated carbocycles. The Balaban J connectivity index is 1.50. The van der Waals surface area contributed by atoms with Gasteiger partial charge in [-0.25, -0.2) is 4.79 Å². The van der Waals surface area contributed by atoms with Gasteiger partial charge in [0.25, 0.3) is 0 Å². The summed E-state index contributed by atoms with van der Waals surface area (Å²) in [5.74, 6) is -1.02. The van der Waals surface area contributed by atoms with E-state index in [1.165, 1.54) is 25.2 Å². The number of carbonyl (C=O) groups excluding carboxylic acids is 1. The zero-order valence-corrected chi connectivity index (χ0v) is 20.3. The molecule has 0 aliphatic heterocycles. The molecule has 2 aromatic heterocycles. The molecule has 13 heteroatoms. The normalized spacial score (nSPS) is 12.1. The highest BCUT2D eigenvalue weighted by Crippen LogP contribution is 2.27. The van der Waals surface area contributed by atoms with Crippen molar-refractivity contribution in [3.8, 4) is 22.7 Å². The third-order valence-corrected chi connectivity index (χ3v) is 5.73. The zero-order valence-electron chi connectivity index (χ0n) is 20.3. The molecule has 1 atom stereocenters. The van der Waals surface area contributed by atoms with E-state index in [1.807, 2.05) is 44.4 Å². The average molecular weight is 514 g/mol. The molecule has 0 spiro atoms. The minimum Gasteiger partial charge on any atom is -0.459 e. The van der Waals surface area contributed by atoms with E-state index in [2.05, 4.69) is 20.3 Å². The standard InChI is InChI=1S/C24H25F2N7O4/c1-14-11-16(19-9-10-31(2)28-19)8-7-15(14)12-18(27)22(34)36-13-17-20(33-24(35)32(3)29-30-33)5-4-6-21(17)37-23(25)26/h4-11,18,23H,12-13,27H2,1-3H3/t18-/m0/s1. The van der Waals surface area contributed by atoms with Crippen LogP contribution in [0.5, 0.6) is 5.75 Å². The lowest BCUT2D eigenvalue weighted by molar-refractivity contribution is -0.146. The van der Waals surface area contributed by atoms with Crippen LogP contribution in [0.4, 0.5) is 8.78 Å². The fourth-order valence-electron chi connectivity index (χ4n) is 3.79. The molecule has 0 amide bonds. The Hall–Kier alpha value is -4.39. The van der Waals surface area contributed by atoms with Crippen molar-refractivity contribution in [2.24, 2.45) is 19.8 Å². The van der Waals surface area contributed by atoms with Crippen LogP contribution >= 0.6 is 0 Å². The number of alkyl halides is 2. The van der Waals surface area contributed by atoms with Gasteiger partial charge in [-0.3, -0.25) is 9.48 Å². The Labute approximate surface area is 210 Å². The second-order valence-electron chi connectivity index (χ2n) is 8.36. The SMILES string of the molecule is Cc1cc(-c2ccn(C)n2)ccc1C[C@H](N)C(=O)OCc1c(OC(F)F)cccc1-n1nnn(C)c1=O. The summed E-state index contributed by atoms with van der Waals surface area (Å²) >= 11 is 0. The Morgan fingerprint density at radius 3 is 2.54 bits per heavy atom. The molecule has 0 fully saturated rings. The summed E-state index contributed by atoms with van der Waals surface area (Å²) in [5.41, 5.74) is 9.10. The topological polar surface area (TPSA) is 132 Å². The third kappa shape index (κ3) is 5.72. The van der Waals surface area contributed by atoms with Crippen molar-refractivity contribution in [3.63, 3.8) is 0 Å². The lowest BCUT2D eigenvalue weighted by Crippen LogP contribution is -2.34. The van der Waals surface area contributed by atoms with E-state index in [1.54, 1.807) is 4.68 Å². The minimum atomic E-state index is -3.14. The van der Waals surface area contributed by atoms with E-state index in [9.17, 15) is 18.4 Å². The van der Waals surface area contributed by atoms with E-state index >= 15 is 0 Å². The van der Waals surface area contributed by atoms with Crippen LogP contribution in [-0.4, -0.2) is 48.2 Å². The third-order valence-electron chi connectivity index (χ3n) is 5.73. The van der Waals surface area contributed by atoms with Crippen LogP contribution in [0.1, 0.15) is 16.7 Å². The molecule has 0 aliphatic carbocycles. The number of hydrogen-bond acceptors (Lipinski definition) is 8. The highest BCUT2D eigenvalue weighted by atomic mass is 19.3. The number of benzene rings is 2. The maximum Gasteiger partial charge on any atom is 0.387 e. The first-order valence-corrected chi connectivity index (χ1v) is 11.2. The summed E-state index contributed by atoms with van der Waals surface area (Å²) in [5, 5.41) is 11.7. The number of tetrazole rings is 1. The van der Waals surface area contributed by atoms with Crippen LogP contribution in [0.15, 0.2) is 53.5 Å². The first kappa shape index (κ1) is 25.7. The van der Waals surface area contributed by atoms with Gasteiger partial charge in [0.1, 0.15) is 18.4 Å². The quantitative estimate of drug-likeness (QED) is 0.336. The molecule has 4 aromatic rings. The number of ether oxygens (including phenoxy) is 2. The number of carbonyl (C=O) groups is 1. The predicted molar refractivity (Wildman–Crippen MR) is 128 cm³/mol. The van der Waals surface area contributed by atoms with Gasteiger partial charge in [-0.2, -0.15) is 23.2 Å². The molecule has 2 N–H and O–H groups in total. The molecule has 0 bridgehead atoms. The van der Waals surface area contributed by atoms with Gasteiger partial charge in [0.05, 0.1) is 16.9 Å². The van der Waals surface area contributed by atoms with Gasteiger partial charge in [-0.15, -0.1) is 0 Å². The molecule has 0 unspecified atom stereocenters. The summed E-state index contributed by atoms with van der Waals surface area (Å²) in [6.07, 6.45) is 2.04. The van der Waals surface area contributed by atoms with E-state index in [0.29, 0.717) is 0 Å². The van der Waals surface area contributed by atoms with Crippen molar-refractivity contribution in [1.82, 2.24) is 29.6 Å². The second-order valence-corrected chi connectivity index (χ2v) is 8.36. The van der Waals surface area contributed by atoms with Crippen molar-refractivity contribution in [2.75, 3.05) is 0 Å². The molecule has 0 saturated heterocycles. The van der Waals surface area contributed by atoms with Gasteiger partial charge in [0.15, 0.2) is 0 Å². The first-order valence-electron chi connectivity index (χ1n) is 11.2. The van der Waals surface area contributed by atoms with Crippen molar-refractivity contribution in [2.45, 2.75) is 32.6 Å². The highest BCUT2D eigenvalue weighted by molar-refractivity contribution is 5.76. The van der Waals surface area contributed by atoms with Crippen LogP contribution in [0.25, 0.3) is 16.9 Å². The summed E-state index contributed by atoms with van der Waals surface area (Å²) in [7, 11) is 3.22. The van der Waals surface area contributed by atoms with Crippen LogP contribution in [0.2, 0.25) is 0 Å². The van der Waals surface area contributed by atoms with Gasteiger partial charge in [0.2, 0.25) is 0 Å². The number of nitrogens with two attached hydrogens (primary N) is 1. The fraction of sp³-hybridized carbons (Fsp3) is 0.292. The van der Waals surface area contributed by atoms with Crippen LogP contribution in [-0.2, 0) is 36.7 Å². The van der Waals surface area contributed by atoms with E-state index < -0.39 is 30.9 Å². The molecule has 2 heterocycles. The predicted octanol–water partition coefficient (Wildman–Crippen LogP) is 1.89. The van der Waals surface area contributed by atoms with E-state index in [4.69, 9.17) is 10.5 Å². The van der Waals surface area contributed by atoms with Gasteiger partial charge in [-0.1, -0.05) is 18.2 Å². The number of aromatic nitrogens is 6. The fourth-order valence-corrected chi connectivity index (χ4v) is 3.79. The molecule has 194 valence electrons. The maximum absolute atomic E-state index is 13.0. The monoisotopic (exact) mass is 513 g/mol. The molecule has 4 rings (SSSR count). The minimum absolute atomic E-state index is 0.0156. The van der Waals surface area contributed by atoms with Crippen LogP contribution < -0.4 is 16.2 Å². The van der Waals surface area contributed by atoms with Crippen molar-refractivity contribution < 1.29 is 23.0 Å². The van der Waals surface area contributed by atoms with E-state index in [0.717, 1.165) is 31.7 Å². The molecule has 37 heavy (non-hydrogen) atoms.